The number of rotatable bonds is 2. The second-order valence-corrected chi connectivity index (χ2v) is 3.02. The summed E-state index contributed by atoms with van der Waals surface area (Å²) in [4.78, 5) is -2.16. The first-order chi connectivity index (χ1) is 4.31. The molecule has 0 heterocycles. The zero-order valence-electron chi connectivity index (χ0n) is 5.50. The van der Waals surface area contributed by atoms with E-state index in [1.807, 2.05) is 0 Å². The Morgan fingerprint density at radius 2 is 1.90 bits per heavy atom. The van der Waals surface area contributed by atoms with Gasteiger partial charge in [-0.3, -0.25) is 0 Å². The van der Waals surface area contributed by atoms with Crippen molar-refractivity contribution in [1.29, 1.82) is 0 Å². The Morgan fingerprint density at radius 1 is 1.50 bits per heavy atom. The van der Waals surface area contributed by atoms with Gasteiger partial charge in [0.1, 0.15) is 4.87 Å². The standard InChI is InChI=1S/C6H8ClF3/c1-3-4-5(2,7)6(8,9)10/h3H,1,4H2,2H3. The van der Waals surface area contributed by atoms with Crippen LogP contribution in [0.4, 0.5) is 13.2 Å². The topological polar surface area (TPSA) is 0 Å². The first-order valence-electron chi connectivity index (χ1n) is 2.68. The molecule has 0 nitrogen and oxygen atoms in total. The molecule has 0 aromatic carbocycles. The van der Waals surface area contributed by atoms with E-state index >= 15 is 0 Å². The summed E-state index contributed by atoms with van der Waals surface area (Å²) in [6.45, 7) is 4.10. The Morgan fingerprint density at radius 3 is 2.00 bits per heavy atom. The molecule has 60 valence electrons. The molecule has 4 heteroatoms. The first-order valence-corrected chi connectivity index (χ1v) is 3.05. The van der Waals surface area contributed by atoms with Gasteiger partial charge < -0.3 is 0 Å². The van der Waals surface area contributed by atoms with E-state index in [-0.39, 0.29) is 6.42 Å². The van der Waals surface area contributed by atoms with Crippen LogP contribution in [0.2, 0.25) is 0 Å². The van der Waals surface area contributed by atoms with Crippen molar-refractivity contribution in [3.8, 4) is 0 Å². The predicted molar refractivity (Wildman–Crippen MR) is 35.1 cm³/mol. The van der Waals surface area contributed by atoms with Crippen LogP contribution in [0.5, 0.6) is 0 Å². The Balaban J connectivity index is 4.23. The van der Waals surface area contributed by atoms with E-state index in [2.05, 4.69) is 6.58 Å². The molecule has 0 amide bonds. The smallest absolute Gasteiger partial charge is 0.169 e. The van der Waals surface area contributed by atoms with Gasteiger partial charge in [0.15, 0.2) is 0 Å². The summed E-state index contributed by atoms with van der Waals surface area (Å²) in [7, 11) is 0. The van der Waals surface area contributed by atoms with Crippen molar-refractivity contribution in [3.05, 3.63) is 12.7 Å². The van der Waals surface area contributed by atoms with Crippen LogP contribution < -0.4 is 0 Å². The van der Waals surface area contributed by atoms with E-state index in [0.29, 0.717) is 0 Å². The van der Waals surface area contributed by atoms with Crippen LogP contribution in [0.1, 0.15) is 13.3 Å². The third kappa shape index (κ3) is 2.21. The van der Waals surface area contributed by atoms with Gasteiger partial charge in [-0.15, -0.1) is 18.2 Å². The van der Waals surface area contributed by atoms with E-state index in [1.54, 1.807) is 0 Å². The van der Waals surface area contributed by atoms with Crippen molar-refractivity contribution >= 4 is 11.6 Å². The minimum atomic E-state index is -4.36. The van der Waals surface area contributed by atoms with Crippen LogP contribution in [0.25, 0.3) is 0 Å². The molecule has 0 radical (unpaired) electrons. The van der Waals surface area contributed by atoms with Gasteiger partial charge in [-0.1, -0.05) is 6.08 Å². The Hall–Kier alpha value is -0.180. The average molecular weight is 173 g/mol. The van der Waals surface area contributed by atoms with Crippen molar-refractivity contribution < 1.29 is 13.2 Å². The molecule has 0 aliphatic heterocycles. The number of allylic oxidation sites excluding steroid dienone is 1. The van der Waals surface area contributed by atoms with E-state index in [1.165, 1.54) is 0 Å². The van der Waals surface area contributed by atoms with Gasteiger partial charge in [-0.25, -0.2) is 0 Å². The normalized spacial score (nSPS) is 18.1. The monoisotopic (exact) mass is 172 g/mol. The summed E-state index contributed by atoms with van der Waals surface area (Å²) in [5, 5.41) is 0. The molecule has 1 unspecified atom stereocenters. The fraction of sp³-hybridized carbons (Fsp3) is 0.667. The zero-order chi connectivity index (χ0) is 8.41. The Labute approximate surface area is 62.7 Å². The van der Waals surface area contributed by atoms with Gasteiger partial charge in [0.2, 0.25) is 0 Å². The Kier molecular flexibility index (Phi) is 2.77. The maximum atomic E-state index is 11.8. The summed E-state index contributed by atoms with van der Waals surface area (Å²) >= 11 is 5.12. The molecule has 0 rings (SSSR count). The molecule has 0 saturated heterocycles. The largest absolute Gasteiger partial charge is 0.407 e. The molecule has 0 spiro atoms. The van der Waals surface area contributed by atoms with E-state index in [0.717, 1.165) is 13.0 Å². The molecule has 0 aromatic heterocycles. The molecule has 10 heavy (non-hydrogen) atoms. The molecule has 1 atom stereocenters. The van der Waals surface area contributed by atoms with Gasteiger partial charge in [-0.05, 0) is 13.3 Å². The summed E-state index contributed by atoms with van der Waals surface area (Å²) in [5.74, 6) is 0. The van der Waals surface area contributed by atoms with Gasteiger partial charge in [0.25, 0.3) is 0 Å². The van der Waals surface area contributed by atoms with E-state index in [4.69, 9.17) is 11.6 Å². The summed E-state index contributed by atoms with van der Waals surface area (Å²) in [5.41, 5.74) is 0. The first kappa shape index (κ1) is 9.82. The summed E-state index contributed by atoms with van der Waals surface area (Å²) in [6.07, 6.45) is -3.47. The highest BCUT2D eigenvalue weighted by molar-refractivity contribution is 6.24. The van der Waals surface area contributed by atoms with Crippen LogP contribution in [-0.4, -0.2) is 11.1 Å². The summed E-state index contributed by atoms with van der Waals surface area (Å²) < 4.78 is 35.5. The number of hydrogen-bond donors (Lipinski definition) is 0. The molecule has 0 aliphatic rings. The van der Waals surface area contributed by atoms with Crippen LogP contribution >= 0.6 is 11.6 Å². The molecule has 0 bridgehead atoms. The third-order valence-corrected chi connectivity index (χ3v) is 1.49. The lowest BCUT2D eigenvalue weighted by molar-refractivity contribution is -0.156. The van der Waals surface area contributed by atoms with E-state index in [9.17, 15) is 13.2 Å². The fourth-order valence-corrected chi connectivity index (χ4v) is 0.496. The van der Waals surface area contributed by atoms with Crippen LogP contribution in [-0.2, 0) is 0 Å². The number of halogens is 4. The predicted octanol–water partition coefficient (Wildman–Crippen LogP) is 3.12. The van der Waals surface area contributed by atoms with Crippen molar-refractivity contribution in [1.82, 2.24) is 0 Å². The molecule has 0 N–H and O–H groups in total. The molecule has 0 fully saturated rings. The fourth-order valence-electron chi connectivity index (χ4n) is 0.387. The minimum Gasteiger partial charge on any atom is -0.169 e. The molecule has 0 saturated carbocycles. The van der Waals surface area contributed by atoms with Crippen molar-refractivity contribution in [3.63, 3.8) is 0 Å². The lowest BCUT2D eigenvalue weighted by Gasteiger charge is -2.23. The van der Waals surface area contributed by atoms with Crippen molar-refractivity contribution in [2.45, 2.75) is 24.4 Å². The third-order valence-electron chi connectivity index (χ3n) is 1.12. The van der Waals surface area contributed by atoms with Gasteiger partial charge in [-0.2, -0.15) is 13.2 Å². The van der Waals surface area contributed by atoms with Crippen molar-refractivity contribution in [2.24, 2.45) is 0 Å². The van der Waals surface area contributed by atoms with Gasteiger partial charge in [0.05, 0.1) is 0 Å². The maximum absolute atomic E-state index is 11.8. The SMILES string of the molecule is C=CCC(C)(Cl)C(F)(F)F. The second-order valence-electron chi connectivity index (χ2n) is 2.19. The zero-order valence-corrected chi connectivity index (χ0v) is 6.26. The van der Waals surface area contributed by atoms with Gasteiger partial charge >= 0.3 is 6.18 Å². The molecule has 0 aliphatic carbocycles. The van der Waals surface area contributed by atoms with Crippen molar-refractivity contribution in [2.75, 3.05) is 0 Å². The van der Waals surface area contributed by atoms with Crippen LogP contribution in [0, 0.1) is 0 Å². The van der Waals surface area contributed by atoms with Crippen LogP contribution in [0.3, 0.4) is 0 Å². The quantitative estimate of drug-likeness (QED) is 0.444. The lowest BCUT2D eigenvalue weighted by atomic mass is 10.1. The average Bonchev–Trinajstić information content (AvgIpc) is 1.61. The lowest BCUT2D eigenvalue weighted by Crippen LogP contribution is -2.35. The second kappa shape index (κ2) is 2.82. The highest BCUT2D eigenvalue weighted by Crippen LogP contribution is 2.38. The number of hydrogen-bond acceptors (Lipinski definition) is 0. The minimum absolute atomic E-state index is 0.266. The molecule has 0 aromatic rings. The maximum Gasteiger partial charge on any atom is 0.407 e. The van der Waals surface area contributed by atoms with Gasteiger partial charge in [0, 0.05) is 0 Å². The highest BCUT2D eigenvalue weighted by atomic mass is 35.5. The van der Waals surface area contributed by atoms with Crippen LogP contribution in [0.15, 0.2) is 12.7 Å². The summed E-state index contributed by atoms with van der Waals surface area (Å²) in [6, 6.07) is 0. The van der Waals surface area contributed by atoms with E-state index < -0.39 is 11.1 Å². The molecular weight excluding hydrogens is 165 g/mol. The number of alkyl halides is 4. The highest BCUT2D eigenvalue weighted by Gasteiger charge is 2.48. The molecular formula is C6H8ClF3. The Bertz CT molecular complexity index is 125.